The molecule has 5 rings (SSSR count). The molecule has 9 nitrogen and oxygen atoms in total. The lowest BCUT2D eigenvalue weighted by atomic mass is 10.2. The van der Waals surface area contributed by atoms with Gasteiger partial charge in [-0.15, -0.1) is 0 Å². The van der Waals surface area contributed by atoms with Crippen molar-refractivity contribution in [3.8, 4) is 11.5 Å². The molecule has 29 heavy (non-hydrogen) atoms. The van der Waals surface area contributed by atoms with Crippen molar-refractivity contribution in [2.75, 3.05) is 62.2 Å². The maximum atomic E-state index is 12.1. The van der Waals surface area contributed by atoms with Gasteiger partial charge in [-0.2, -0.15) is 5.10 Å². The number of urea groups is 1. The van der Waals surface area contributed by atoms with E-state index < -0.39 is 0 Å². The molecule has 9 heteroatoms. The van der Waals surface area contributed by atoms with Crippen LogP contribution in [0, 0.1) is 0 Å². The summed E-state index contributed by atoms with van der Waals surface area (Å²) in [4.78, 5) is 18.6. The average molecular weight is 398 g/mol. The molecule has 1 aromatic carbocycles. The number of benzene rings is 1. The Morgan fingerprint density at radius 2 is 1.93 bits per heavy atom. The molecular weight excluding hydrogens is 372 g/mol. The number of carbonyl (C=O) groups is 1. The van der Waals surface area contributed by atoms with Crippen LogP contribution in [0.5, 0.6) is 11.5 Å². The number of aromatic nitrogens is 2. The summed E-state index contributed by atoms with van der Waals surface area (Å²) in [6.07, 6.45) is 1.97. The molecule has 0 radical (unpaired) electrons. The van der Waals surface area contributed by atoms with Gasteiger partial charge in [0.1, 0.15) is 18.4 Å². The molecule has 1 aromatic heterocycles. The van der Waals surface area contributed by atoms with Crippen molar-refractivity contribution in [1.82, 2.24) is 20.0 Å². The van der Waals surface area contributed by atoms with E-state index in [1.165, 1.54) is 0 Å². The van der Waals surface area contributed by atoms with Crippen LogP contribution in [0.2, 0.25) is 0 Å². The lowest BCUT2D eigenvalue weighted by Gasteiger charge is -2.38. The summed E-state index contributed by atoms with van der Waals surface area (Å²) >= 11 is 0. The van der Waals surface area contributed by atoms with Gasteiger partial charge in [-0.3, -0.25) is 14.5 Å². The topological polar surface area (TPSA) is 75.1 Å². The second-order valence-electron chi connectivity index (χ2n) is 7.68. The fraction of sp³-hybridized carbons (Fsp3) is 0.500. The number of carbonyl (C=O) groups excluding carboxylic acids is 1. The number of amides is 2. The molecule has 2 fully saturated rings. The monoisotopic (exact) mass is 398 g/mol. The van der Waals surface area contributed by atoms with Gasteiger partial charge in [-0.25, -0.2) is 4.79 Å². The van der Waals surface area contributed by atoms with Crippen LogP contribution in [0.15, 0.2) is 30.5 Å². The van der Waals surface area contributed by atoms with Gasteiger partial charge >= 0.3 is 6.03 Å². The summed E-state index contributed by atoms with van der Waals surface area (Å²) in [5.41, 5.74) is 0.886. The highest BCUT2D eigenvalue weighted by Crippen LogP contribution is 2.32. The normalized spacial score (nSPS) is 22.1. The molecule has 0 spiro atoms. The number of nitrogens with one attached hydrogen (secondary N) is 1. The Balaban J connectivity index is 1.20. The lowest BCUT2D eigenvalue weighted by molar-refractivity contribution is 0.0571. The van der Waals surface area contributed by atoms with Crippen LogP contribution in [0.4, 0.5) is 16.3 Å². The van der Waals surface area contributed by atoms with Crippen LogP contribution in [0.25, 0.3) is 0 Å². The Morgan fingerprint density at radius 3 is 2.69 bits per heavy atom. The molecular formula is C20H26N6O3. The van der Waals surface area contributed by atoms with Crippen molar-refractivity contribution < 1.29 is 14.3 Å². The Morgan fingerprint density at radius 1 is 1.14 bits per heavy atom. The Hall–Kier alpha value is -2.94. The SMILES string of the molecule is Cn1cc(N2CCNC2=O)c(N2CCN(C[C@H]3COc4ccccc4O3)CC2)n1. The van der Waals surface area contributed by atoms with Gasteiger partial charge in [-0.1, -0.05) is 12.1 Å². The van der Waals surface area contributed by atoms with Crippen LogP contribution < -0.4 is 24.6 Å². The van der Waals surface area contributed by atoms with Crippen molar-refractivity contribution >= 4 is 17.5 Å². The molecule has 2 amide bonds. The highest BCUT2D eigenvalue weighted by molar-refractivity contribution is 5.96. The minimum absolute atomic E-state index is 0.0372. The van der Waals surface area contributed by atoms with Crippen LogP contribution >= 0.6 is 0 Å². The van der Waals surface area contributed by atoms with Crippen molar-refractivity contribution in [3.05, 3.63) is 30.5 Å². The summed E-state index contributed by atoms with van der Waals surface area (Å²) in [5, 5.41) is 7.50. The molecule has 1 N–H and O–H groups in total. The first-order valence-electron chi connectivity index (χ1n) is 10.1. The summed E-state index contributed by atoms with van der Waals surface area (Å²) in [5.74, 6) is 2.53. The predicted octanol–water partition coefficient (Wildman–Crippen LogP) is 0.912. The minimum Gasteiger partial charge on any atom is -0.486 e. The molecule has 3 aliphatic rings. The Labute approximate surface area is 169 Å². The van der Waals surface area contributed by atoms with E-state index in [2.05, 4.69) is 20.2 Å². The van der Waals surface area contributed by atoms with Crippen LogP contribution in [0.1, 0.15) is 0 Å². The summed E-state index contributed by atoms with van der Waals surface area (Å²) in [6, 6.07) is 7.77. The molecule has 0 saturated carbocycles. The molecule has 154 valence electrons. The van der Waals surface area contributed by atoms with Crippen molar-refractivity contribution in [1.29, 1.82) is 0 Å². The van der Waals surface area contributed by atoms with Crippen LogP contribution in [-0.2, 0) is 7.05 Å². The predicted molar refractivity (Wildman–Crippen MR) is 109 cm³/mol. The van der Waals surface area contributed by atoms with Gasteiger partial charge in [0.2, 0.25) is 0 Å². The van der Waals surface area contributed by atoms with E-state index in [0.29, 0.717) is 19.7 Å². The highest BCUT2D eigenvalue weighted by Gasteiger charge is 2.30. The van der Waals surface area contributed by atoms with Crippen LogP contribution in [0.3, 0.4) is 0 Å². The zero-order chi connectivity index (χ0) is 19.8. The zero-order valence-corrected chi connectivity index (χ0v) is 16.6. The largest absolute Gasteiger partial charge is 0.486 e. The standard InChI is InChI=1S/C20H26N6O3/c1-23-13-16(26-7-6-21-20(26)27)19(22-23)25-10-8-24(9-11-25)12-15-14-28-17-4-2-3-5-18(17)29-15/h2-5,13,15H,6-12,14H2,1H3,(H,21,27)/t15-/m0/s1. The van der Waals surface area contributed by atoms with E-state index in [1.54, 1.807) is 9.58 Å². The third kappa shape index (κ3) is 3.57. The van der Waals surface area contributed by atoms with E-state index >= 15 is 0 Å². The highest BCUT2D eigenvalue weighted by atomic mass is 16.6. The molecule has 0 unspecified atom stereocenters. The first-order valence-corrected chi connectivity index (χ1v) is 10.1. The molecule has 0 aliphatic carbocycles. The number of aryl methyl sites for hydroxylation is 1. The molecule has 1 atom stereocenters. The average Bonchev–Trinajstić information content (AvgIpc) is 3.33. The third-order valence-corrected chi connectivity index (χ3v) is 5.64. The van der Waals surface area contributed by atoms with E-state index in [4.69, 9.17) is 9.47 Å². The molecule has 0 bridgehead atoms. The number of piperazine rings is 1. The molecule has 4 heterocycles. The van der Waals surface area contributed by atoms with Gasteiger partial charge in [0, 0.05) is 52.9 Å². The maximum Gasteiger partial charge on any atom is 0.322 e. The first kappa shape index (κ1) is 18.1. The van der Waals surface area contributed by atoms with Gasteiger partial charge < -0.3 is 19.7 Å². The number of hydrogen-bond acceptors (Lipinski definition) is 6. The quantitative estimate of drug-likeness (QED) is 0.825. The summed E-state index contributed by atoms with van der Waals surface area (Å²) < 4.78 is 13.7. The van der Waals surface area contributed by atoms with E-state index in [1.807, 2.05) is 37.5 Å². The second kappa shape index (κ2) is 7.47. The first-order chi connectivity index (χ1) is 14.2. The third-order valence-electron chi connectivity index (χ3n) is 5.64. The number of fused-ring (bicyclic) bond motifs is 1. The van der Waals surface area contributed by atoms with Gasteiger partial charge in [-0.05, 0) is 12.1 Å². The fourth-order valence-corrected chi connectivity index (χ4v) is 4.16. The fourth-order valence-electron chi connectivity index (χ4n) is 4.16. The minimum atomic E-state index is -0.0485. The Kier molecular flexibility index (Phi) is 4.67. The number of ether oxygens (including phenoxy) is 2. The van der Waals surface area contributed by atoms with Crippen molar-refractivity contribution in [3.63, 3.8) is 0 Å². The van der Waals surface area contributed by atoms with E-state index in [0.717, 1.165) is 55.7 Å². The second-order valence-corrected chi connectivity index (χ2v) is 7.68. The lowest BCUT2D eigenvalue weighted by Crippen LogP contribution is -2.51. The summed E-state index contributed by atoms with van der Waals surface area (Å²) in [7, 11) is 1.90. The number of anilines is 2. The number of rotatable bonds is 4. The van der Waals surface area contributed by atoms with Gasteiger partial charge in [0.15, 0.2) is 17.3 Å². The molecule has 3 aliphatic heterocycles. The van der Waals surface area contributed by atoms with Crippen LogP contribution in [-0.4, -0.2) is 79.2 Å². The Bertz CT molecular complexity index is 892. The van der Waals surface area contributed by atoms with Crippen molar-refractivity contribution in [2.24, 2.45) is 7.05 Å². The zero-order valence-electron chi connectivity index (χ0n) is 16.6. The van der Waals surface area contributed by atoms with E-state index in [-0.39, 0.29) is 12.1 Å². The smallest absolute Gasteiger partial charge is 0.322 e. The van der Waals surface area contributed by atoms with Gasteiger partial charge in [0.05, 0.1) is 6.20 Å². The van der Waals surface area contributed by atoms with Gasteiger partial charge in [0.25, 0.3) is 0 Å². The number of hydrogen-bond donors (Lipinski definition) is 1. The number of nitrogens with zero attached hydrogens (tertiary/aromatic N) is 5. The molecule has 2 aromatic rings. The number of para-hydroxylation sites is 2. The summed E-state index contributed by atoms with van der Waals surface area (Å²) in [6.45, 7) is 6.34. The molecule has 2 saturated heterocycles. The van der Waals surface area contributed by atoms with E-state index in [9.17, 15) is 4.79 Å². The maximum absolute atomic E-state index is 12.1. The van der Waals surface area contributed by atoms with Crippen molar-refractivity contribution in [2.45, 2.75) is 6.10 Å².